The van der Waals surface area contributed by atoms with E-state index in [1.165, 1.54) is 11.1 Å². The van der Waals surface area contributed by atoms with Crippen LogP contribution in [-0.4, -0.2) is 17.4 Å². The van der Waals surface area contributed by atoms with Crippen molar-refractivity contribution in [2.75, 3.05) is 7.11 Å². The van der Waals surface area contributed by atoms with E-state index in [0.29, 0.717) is 35.1 Å². The normalized spacial score (nSPS) is 10.8. The van der Waals surface area contributed by atoms with Gasteiger partial charge in [-0.25, -0.2) is 0 Å². The zero-order valence-electron chi connectivity index (χ0n) is 18.1. The monoisotopic (exact) mass is 415 g/mol. The van der Waals surface area contributed by atoms with Gasteiger partial charge in [0.1, 0.15) is 23.9 Å². The highest BCUT2D eigenvalue weighted by molar-refractivity contribution is 5.86. The number of aryl methyl sites for hydroxylation is 3. The Morgan fingerprint density at radius 2 is 1.74 bits per heavy atom. The first-order valence-electron chi connectivity index (χ1n) is 10.1. The molecular weight excluding hydrogens is 390 g/mol. The molecular formula is C26H25NO4. The van der Waals surface area contributed by atoms with Gasteiger partial charge in [-0.1, -0.05) is 47.1 Å². The number of benzene rings is 3. The molecule has 0 saturated heterocycles. The van der Waals surface area contributed by atoms with Crippen LogP contribution in [0.3, 0.4) is 0 Å². The van der Waals surface area contributed by atoms with Gasteiger partial charge in [-0.15, -0.1) is 0 Å². The molecule has 31 heavy (non-hydrogen) atoms. The summed E-state index contributed by atoms with van der Waals surface area (Å²) in [5.41, 5.74) is 6.38. The second-order valence-electron chi connectivity index (χ2n) is 7.57. The molecule has 0 spiro atoms. The largest absolute Gasteiger partial charge is 0.507 e. The second kappa shape index (κ2) is 8.56. The molecule has 1 heterocycles. The third-order valence-corrected chi connectivity index (χ3v) is 5.35. The molecule has 5 heteroatoms. The molecule has 0 atom stereocenters. The van der Waals surface area contributed by atoms with Crippen molar-refractivity contribution in [2.45, 2.75) is 27.4 Å². The number of nitrogens with zero attached hydrogens (tertiary/aromatic N) is 1. The van der Waals surface area contributed by atoms with Gasteiger partial charge in [0.05, 0.1) is 23.9 Å². The fraction of sp³-hybridized carbons (Fsp3) is 0.192. The molecule has 4 aromatic rings. The molecule has 0 aliphatic heterocycles. The summed E-state index contributed by atoms with van der Waals surface area (Å²) in [6.07, 6.45) is 0. The zero-order chi connectivity index (χ0) is 22.0. The summed E-state index contributed by atoms with van der Waals surface area (Å²) in [5, 5.41) is 14.9. The van der Waals surface area contributed by atoms with E-state index >= 15 is 0 Å². The molecule has 4 rings (SSSR count). The van der Waals surface area contributed by atoms with Crippen molar-refractivity contribution in [3.05, 3.63) is 83.0 Å². The van der Waals surface area contributed by atoms with E-state index in [4.69, 9.17) is 14.0 Å². The Hall–Kier alpha value is -3.73. The third-order valence-electron chi connectivity index (χ3n) is 5.35. The summed E-state index contributed by atoms with van der Waals surface area (Å²) < 4.78 is 17.0. The number of phenols is 1. The van der Waals surface area contributed by atoms with E-state index in [2.05, 4.69) is 37.2 Å². The molecule has 1 aromatic heterocycles. The van der Waals surface area contributed by atoms with Crippen molar-refractivity contribution in [1.29, 1.82) is 0 Å². The number of para-hydroxylation sites is 1. The van der Waals surface area contributed by atoms with Crippen LogP contribution >= 0.6 is 0 Å². The van der Waals surface area contributed by atoms with Gasteiger partial charge in [0, 0.05) is 11.6 Å². The van der Waals surface area contributed by atoms with E-state index in [1.54, 1.807) is 19.2 Å². The van der Waals surface area contributed by atoms with Gasteiger partial charge in [-0.2, -0.15) is 0 Å². The Kier molecular flexibility index (Phi) is 5.67. The maximum Gasteiger partial charge on any atom is 0.178 e. The summed E-state index contributed by atoms with van der Waals surface area (Å²) in [6, 6.07) is 19.2. The zero-order valence-corrected chi connectivity index (χ0v) is 18.1. The molecule has 0 aliphatic rings. The van der Waals surface area contributed by atoms with Gasteiger partial charge in [0.25, 0.3) is 0 Å². The van der Waals surface area contributed by atoms with Gasteiger partial charge in [-0.05, 0) is 50.1 Å². The number of hydrogen-bond donors (Lipinski definition) is 1. The summed E-state index contributed by atoms with van der Waals surface area (Å²) in [5.74, 6) is 1.84. The van der Waals surface area contributed by atoms with Crippen LogP contribution in [0.2, 0.25) is 0 Å². The molecule has 0 unspecified atom stereocenters. The molecule has 5 nitrogen and oxygen atoms in total. The fourth-order valence-electron chi connectivity index (χ4n) is 3.63. The van der Waals surface area contributed by atoms with Crippen LogP contribution < -0.4 is 9.47 Å². The van der Waals surface area contributed by atoms with Crippen molar-refractivity contribution in [1.82, 2.24) is 5.16 Å². The van der Waals surface area contributed by atoms with Crippen molar-refractivity contribution >= 4 is 0 Å². The summed E-state index contributed by atoms with van der Waals surface area (Å²) in [7, 11) is 1.63. The summed E-state index contributed by atoms with van der Waals surface area (Å²) in [4.78, 5) is 0. The van der Waals surface area contributed by atoms with Crippen molar-refractivity contribution < 1.29 is 19.1 Å². The topological polar surface area (TPSA) is 64.7 Å². The number of ether oxygens (including phenoxy) is 2. The Labute approximate surface area is 181 Å². The highest BCUT2D eigenvalue weighted by Gasteiger charge is 2.22. The Morgan fingerprint density at radius 3 is 2.52 bits per heavy atom. The molecule has 0 saturated carbocycles. The number of methoxy groups -OCH3 is 1. The Morgan fingerprint density at radius 1 is 0.935 bits per heavy atom. The standard InChI is InChI=1S/C26H25NO4/c1-16-9-10-17(2)19(13-16)15-30-20-11-12-21(23(28)14-20)26-25(18(3)27-31-26)22-7-5-6-8-24(22)29-4/h5-14,28H,15H2,1-4H3. The maximum absolute atomic E-state index is 10.7. The molecule has 0 amide bonds. The average molecular weight is 415 g/mol. The number of rotatable bonds is 6. The number of aromatic nitrogens is 1. The molecule has 3 aromatic carbocycles. The minimum Gasteiger partial charge on any atom is -0.507 e. The van der Waals surface area contributed by atoms with E-state index in [9.17, 15) is 5.11 Å². The van der Waals surface area contributed by atoms with Crippen molar-refractivity contribution in [2.24, 2.45) is 0 Å². The smallest absolute Gasteiger partial charge is 0.178 e. The molecule has 1 N–H and O–H groups in total. The van der Waals surface area contributed by atoms with Gasteiger partial charge in [0.15, 0.2) is 5.76 Å². The lowest BCUT2D eigenvalue weighted by molar-refractivity contribution is 0.303. The molecule has 0 bridgehead atoms. The number of hydrogen-bond acceptors (Lipinski definition) is 5. The highest BCUT2D eigenvalue weighted by atomic mass is 16.5. The van der Waals surface area contributed by atoms with E-state index < -0.39 is 0 Å². The first-order valence-corrected chi connectivity index (χ1v) is 10.1. The quantitative estimate of drug-likeness (QED) is 0.405. The third kappa shape index (κ3) is 4.12. The van der Waals surface area contributed by atoms with Crippen LogP contribution in [0.15, 0.2) is 65.2 Å². The van der Waals surface area contributed by atoms with E-state index in [1.807, 2.05) is 37.3 Å². The van der Waals surface area contributed by atoms with Gasteiger partial charge in [0.2, 0.25) is 0 Å². The van der Waals surface area contributed by atoms with Crippen LogP contribution in [0.4, 0.5) is 0 Å². The summed E-state index contributed by atoms with van der Waals surface area (Å²) in [6.45, 7) is 6.42. The first-order chi connectivity index (χ1) is 15.0. The minimum absolute atomic E-state index is 0.0609. The number of aromatic hydroxyl groups is 1. The van der Waals surface area contributed by atoms with Crippen molar-refractivity contribution in [3.63, 3.8) is 0 Å². The van der Waals surface area contributed by atoms with Crippen LogP contribution in [0.1, 0.15) is 22.4 Å². The predicted octanol–water partition coefficient (Wildman–Crippen LogP) is 6.23. The van der Waals surface area contributed by atoms with Gasteiger partial charge >= 0.3 is 0 Å². The van der Waals surface area contributed by atoms with Crippen LogP contribution in [0.5, 0.6) is 17.2 Å². The average Bonchev–Trinajstić information content (AvgIpc) is 3.15. The second-order valence-corrected chi connectivity index (χ2v) is 7.57. The molecule has 0 aliphatic carbocycles. The lowest BCUT2D eigenvalue weighted by Gasteiger charge is -2.12. The van der Waals surface area contributed by atoms with Crippen LogP contribution in [0.25, 0.3) is 22.5 Å². The number of phenolic OH excluding ortho intramolecular Hbond substituents is 1. The van der Waals surface area contributed by atoms with Gasteiger partial charge in [-0.3, -0.25) is 0 Å². The minimum atomic E-state index is 0.0609. The van der Waals surface area contributed by atoms with Crippen molar-refractivity contribution in [3.8, 4) is 39.7 Å². The Bertz CT molecular complexity index is 1230. The maximum atomic E-state index is 10.7. The highest BCUT2D eigenvalue weighted by Crippen LogP contribution is 2.43. The molecule has 0 fully saturated rings. The molecule has 158 valence electrons. The van der Waals surface area contributed by atoms with Gasteiger partial charge < -0.3 is 19.1 Å². The predicted molar refractivity (Wildman–Crippen MR) is 121 cm³/mol. The first kappa shape index (κ1) is 20.5. The van der Waals surface area contributed by atoms with Crippen LogP contribution in [0, 0.1) is 20.8 Å². The fourth-order valence-corrected chi connectivity index (χ4v) is 3.63. The summed E-state index contributed by atoms with van der Waals surface area (Å²) >= 11 is 0. The molecule has 0 radical (unpaired) electrons. The lowest BCUT2D eigenvalue weighted by atomic mass is 9.98. The Balaban J connectivity index is 1.64. The lowest BCUT2D eigenvalue weighted by Crippen LogP contribution is -1.98. The van der Waals surface area contributed by atoms with E-state index in [0.717, 1.165) is 16.7 Å². The SMILES string of the molecule is COc1ccccc1-c1c(C)noc1-c1ccc(OCc2cc(C)ccc2C)cc1O. The van der Waals surface area contributed by atoms with Crippen LogP contribution in [-0.2, 0) is 6.61 Å². The van der Waals surface area contributed by atoms with E-state index in [-0.39, 0.29) is 5.75 Å².